The van der Waals surface area contributed by atoms with Crippen molar-refractivity contribution in [2.45, 2.75) is 16.7 Å². The molecule has 92 valence electrons. The Morgan fingerprint density at radius 1 is 1.06 bits per heavy atom. The molecule has 0 saturated heterocycles. The molecule has 0 aliphatic heterocycles. The third-order valence-corrected chi connectivity index (χ3v) is 4.67. The second-order valence-electron chi connectivity index (χ2n) is 2.83. The Bertz CT molecular complexity index is 562. The van der Waals surface area contributed by atoms with Crippen molar-refractivity contribution in [3.63, 3.8) is 0 Å². The molecular weight excluding hydrogens is 276 g/mol. The Kier molecular flexibility index (Phi) is 4.93. The summed E-state index contributed by atoms with van der Waals surface area (Å²) < 4.78 is 53.6. The molecule has 0 atom stereocenters. The van der Waals surface area contributed by atoms with Gasteiger partial charge in [-0.3, -0.25) is 4.55 Å². The van der Waals surface area contributed by atoms with Crippen LogP contribution in [0.5, 0.6) is 0 Å². The van der Waals surface area contributed by atoms with Crippen LogP contribution in [-0.2, 0) is 20.0 Å². The molecule has 0 saturated carbocycles. The number of hydrogen-bond acceptors (Lipinski definition) is 4. The van der Waals surface area contributed by atoms with E-state index >= 15 is 0 Å². The van der Waals surface area contributed by atoms with Crippen molar-refractivity contribution in [2.75, 3.05) is 5.75 Å². The molecule has 1 aromatic rings. The Labute approximate surface area is 101 Å². The molecule has 0 aliphatic carbocycles. The second kappa shape index (κ2) is 5.13. The van der Waals surface area contributed by atoms with E-state index in [-0.39, 0.29) is 23.1 Å². The van der Waals surface area contributed by atoms with E-state index in [2.05, 4.69) is 0 Å². The van der Waals surface area contributed by atoms with Gasteiger partial charge in [0.25, 0.3) is 10.1 Å². The number of halogens is 1. The van der Waals surface area contributed by atoms with Crippen LogP contribution in [0.2, 0.25) is 0 Å². The lowest BCUT2D eigenvalue weighted by Gasteiger charge is -2.05. The molecule has 0 bridgehead atoms. The minimum absolute atomic E-state index is 0. The van der Waals surface area contributed by atoms with E-state index in [0.29, 0.717) is 0 Å². The Morgan fingerprint density at radius 3 is 1.88 bits per heavy atom. The fraction of sp³-hybridized carbons (Fsp3) is 0.250. The maximum absolute atomic E-state index is 11.5. The van der Waals surface area contributed by atoms with Gasteiger partial charge < -0.3 is 0 Å². The molecule has 1 rings (SSSR count). The predicted octanol–water partition coefficient (Wildman–Crippen LogP) is 1.15. The molecule has 0 radical (unpaired) electrons. The van der Waals surface area contributed by atoms with Gasteiger partial charge in [0.15, 0.2) is 9.84 Å². The lowest BCUT2D eigenvalue weighted by Crippen LogP contribution is -2.10. The minimum atomic E-state index is -4.51. The highest BCUT2D eigenvalue weighted by molar-refractivity contribution is 7.92. The fourth-order valence-corrected chi connectivity index (χ4v) is 3.32. The Morgan fingerprint density at radius 2 is 1.50 bits per heavy atom. The van der Waals surface area contributed by atoms with Gasteiger partial charge in [-0.15, -0.1) is 12.4 Å². The van der Waals surface area contributed by atoms with E-state index < -0.39 is 24.9 Å². The molecular formula is C8H11ClO5S2. The minimum Gasteiger partial charge on any atom is -0.282 e. The van der Waals surface area contributed by atoms with Crippen LogP contribution in [0.3, 0.4) is 0 Å². The fourth-order valence-electron chi connectivity index (χ4n) is 1.08. The van der Waals surface area contributed by atoms with E-state index in [9.17, 15) is 16.8 Å². The van der Waals surface area contributed by atoms with Gasteiger partial charge in [0, 0.05) is 0 Å². The lowest BCUT2D eigenvalue weighted by molar-refractivity contribution is 0.480. The largest absolute Gasteiger partial charge is 0.295 e. The average molecular weight is 287 g/mol. The topological polar surface area (TPSA) is 88.5 Å². The van der Waals surface area contributed by atoms with Gasteiger partial charge >= 0.3 is 0 Å². The van der Waals surface area contributed by atoms with Gasteiger partial charge in [0.2, 0.25) is 0 Å². The van der Waals surface area contributed by atoms with Crippen molar-refractivity contribution in [2.24, 2.45) is 0 Å². The van der Waals surface area contributed by atoms with Crippen molar-refractivity contribution in [1.82, 2.24) is 0 Å². The molecule has 1 N–H and O–H groups in total. The molecule has 0 amide bonds. The zero-order valence-corrected chi connectivity index (χ0v) is 10.8. The van der Waals surface area contributed by atoms with Gasteiger partial charge in [-0.05, 0) is 12.1 Å². The average Bonchev–Trinajstić information content (AvgIpc) is 2.16. The SMILES string of the molecule is CCS(=O)(=O)c1ccccc1S(=O)(=O)O.Cl. The van der Waals surface area contributed by atoms with E-state index in [1.165, 1.54) is 19.1 Å². The van der Waals surface area contributed by atoms with E-state index in [1.54, 1.807) is 0 Å². The monoisotopic (exact) mass is 286 g/mol. The first-order chi connectivity index (χ1) is 6.79. The quantitative estimate of drug-likeness (QED) is 0.842. The van der Waals surface area contributed by atoms with Crippen LogP contribution < -0.4 is 0 Å². The number of hydrogen-bond donors (Lipinski definition) is 1. The van der Waals surface area contributed by atoms with Crippen molar-refractivity contribution in [1.29, 1.82) is 0 Å². The number of rotatable bonds is 3. The molecule has 0 aliphatic rings. The molecule has 0 aromatic heterocycles. The van der Waals surface area contributed by atoms with Gasteiger partial charge in [-0.25, -0.2) is 8.42 Å². The highest BCUT2D eigenvalue weighted by Gasteiger charge is 2.22. The second-order valence-corrected chi connectivity index (χ2v) is 6.46. The summed E-state index contributed by atoms with van der Waals surface area (Å²) in [5.41, 5.74) is 0. The third kappa shape index (κ3) is 3.18. The predicted molar refractivity (Wildman–Crippen MR) is 61.2 cm³/mol. The van der Waals surface area contributed by atoms with E-state index in [1.807, 2.05) is 0 Å². The highest BCUT2D eigenvalue weighted by Crippen LogP contribution is 2.21. The molecule has 1 aromatic carbocycles. The first-order valence-corrected chi connectivity index (χ1v) is 7.17. The summed E-state index contributed by atoms with van der Waals surface area (Å²) in [5.74, 6) is -0.223. The third-order valence-electron chi connectivity index (χ3n) is 1.84. The maximum Gasteiger partial charge on any atom is 0.295 e. The van der Waals surface area contributed by atoms with E-state index in [4.69, 9.17) is 4.55 Å². The maximum atomic E-state index is 11.5. The first kappa shape index (κ1) is 15.4. The molecule has 0 fully saturated rings. The Balaban J connectivity index is 0.00000225. The van der Waals surface area contributed by atoms with Gasteiger partial charge in [0.05, 0.1) is 10.6 Å². The zero-order valence-electron chi connectivity index (χ0n) is 8.32. The van der Waals surface area contributed by atoms with Gasteiger partial charge in [-0.2, -0.15) is 8.42 Å². The summed E-state index contributed by atoms with van der Waals surface area (Å²) in [4.78, 5) is -0.943. The molecule has 5 nitrogen and oxygen atoms in total. The van der Waals surface area contributed by atoms with Crippen LogP contribution in [0.1, 0.15) is 6.92 Å². The van der Waals surface area contributed by atoms with Gasteiger partial charge in [0.1, 0.15) is 4.90 Å². The molecule has 0 unspecified atom stereocenters. The summed E-state index contributed by atoms with van der Waals surface area (Å²) in [6, 6.07) is 4.95. The highest BCUT2D eigenvalue weighted by atomic mass is 35.5. The summed E-state index contributed by atoms with van der Waals surface area (Å²) >= 11 is 0. The molecule has 16 heavy (non-hydrogen) atoms. The van der Waals surface area contributed by atoms with Crippen molar-refractivity contribution in [3.8, 4) is 0 Å². The number of sulfone groups is 1. The van der Waals surface area contributed by atoms with Crippen LogP contribution in [-0.4, -0.2) is 27.1 Å². The summed E-state index contributed by atoms with van der Waals surface area (Å²) in [6.45, 7) is 1.40. The molecule has 0 spiro atoms. The Hall–Kier alpha value is -0.630. The van der Waals surface area contributed by atoms with Crippen molar-refractivity contribution >= 4 is 32.4 Å². The molecule has 0 heterocycles. The van der Waals surface area contributed by atoms with Crippen LogP contribution >= 0.6 is 12.4 Å². The summed E-state index contributed by atoms with van der Waals surface area (Å²) in [6.07, 6.45) is 0. The van der Waals surface area contributed by atoms with Crippen LogP contribution in [0.15, 0.2) is 34.1 Å². The number of benzene rings is 1. The summed E-state index contributed by atoms with van der Waals surface area (Å²) in [7, 11) is -8.16. The lowest BCUT2D eigenvalue weighted by atomic mass is 10.4. The smallest absolute Gasteiger partial charge is 0.282 e. The normalized spacial score (nSPS) is 11.9. The standard InChI is InChI=1S/C8H10O5S2.ClH/c1-2-14(9,10)7-5-3-4-6-8(7)15(11,12)13;/h3-6H,2H2,1H3,(H,11,12,13);1H. The van der Waals surface area contributed by atoms with Crippen LogP contribution in [0.4, 0.5) is 0 Å². The van der Waals surface area contributed by atoms with E-state index in [0.717, 1.165) is 12.1 Å². The zero-order chi connectivity index (χ0) is 11.7. The first-order valence-electron chi connectivity index (χ1n) is 4.08. The van der Waals surface area contributed by atoms with Crippen LogP contribution in [0.25, 0.3) is 0 Å². The van der Waals surface area contributed by atoms with Gasteiger partial charge in [-0.1, -0.05) is 19.1 Å². The van der Waals surface area contributed by atoms with Crippen LogP contribution in [0, 0.1) is 0 Å². The van der Waals surface area contributed by atoms with Crippen molar-refractivity contribution in [3.05, 3.63) is 24.3 Å². The summed E-state index contributed by atoms with van der Waals surface area (Å²) in [5, 5.41) is 0. The van der Waals surface area contributed by atoms with Crippen molar-refractivity contribution < 1.29 is 21.4 Å². The molecule has 8 heteroatoms.